The van der Waals surface area contributed by atoms with Crippen molar-refractivity contribution < 1.29 is 9.90 Å². The molecule has 0 aliphatic heterocycles. The number of hydrazone groups is 1. The largest absolute Gasteiger partial charge is 0.506 e. The molecule has 2 aromatic rings. The minimum atomic E-state index is -0.211. The van der Waals surface area contributed by atoms with Crippen LogP contribution in [0.3, 0.4) is 0 Å². The number of aryl methyl sites for hydroxylation is 1. The average molecular weight is 462 g/mol. The van der Waals surface area contributed by atoms with Crippen molar-refractivity contribution in [3.8, 4) is 5.75 Å². The van der Waals surface area contributed by atoms with Gasteiger partial charge in [0.05, 0.1) is 16.2 Å². The van der Waals surface area contributed by atoms with Crippen LogP contribution in [-0.2, 0) is 18.3 Å². The van der Waals surface area contributed by atoms with E-state index in [4.69, 9.17) is 0 Å². The number of amides is 1. The number of carbonyl (C=O) groups excluding carboxylic acids is 1. The van der Waals surface area contributed by atoms with Crippen LogP contribution in [-0.4, -0.2) is 21.8 Å². The van der Waals surface area contributed by atoms with Crippen molar-refractivity contribution in [2.24, 2.45) is 12.1 Å². The molecule has 1 aromatic heterocycles. The highest BCUT2D eigenvalue weighted by atomic mass is 127. The Morgan fingerprint density at radius 3 is 3.00 bits per heavy atom. The fourth-order valence-electron chi connectivity index (χ4n) is 1.74. The number of phenolic OH excluding ortho intramolecular Hbond substituents is 1. The van der Waals surface area contributed by atoms with Gasteiger partial charge in [0, 0.05) is 29.0 Å². The van der Waals surface area contributed by atoms with Crippen LogP contribution in [0.5, 0.6) is 5.75 Å². The van der Waals surface area contributed by atoms with Gasteiger partial charge in [-0.15, -0.1) is 0 Å². The molecule has 0 aliphatic rings. The Bertz CT molecular complexity index is 698. The molecule has 0 aliphatic carbocycles. The van der Waals surface area contributed by atoms with Gasteiger partial charge in [-0.3, -0.25) is 4.79 Å². The lowest BCUT2D eigenvalue weighted by atomic mass is 10.2. The second kappa shape index (κ2) is 7.08. The lowest BCUT2D eigenvalue weighted by Gasteiger charge is -2.04. The molecule has 0 spiro atoms. The first-order valence-electron chi connectivity index (χ1n) is 6.07. The maximum Gasteiger partial charge on any atom is 0.245 e. The summed E-state index contributed by atoms with van der Waals surface area (Å²) in [6, 6.07) is 7.28. The molecule has 0 saturated carbocycles. The molecule has 0 radical (unpaired) electrons. The van der Waals surface area contributed by atoms with Gasteiger partial charge in [0.15, 0.2) is 0 Å². The number of carbonyl (C=O) groups is 1. The Hall–Kier alpha value is -1.35. The standard InChI is InChI=1S/C14H13BrIN3O2/c1-19-4-2-3-11(19)7-13(20)18-17-8-9-5-10(15)6-12(16)14(9)21/h2-6,8,21H,7H2,1H3,(H,18,20). The Balaban J connectivity index is 1.99. The molecule has 2 N–H and O–H groups in total. The number of nitrogens with one attached hydrogen (secondary N) is 1. The lowest BCUT2D eigenvalue weighted by Crippen LogP contribution is -2.20. The van der Waals surface area contributed by atoms with Crippen LogP contribution in [0.15, 0.2) is 40.0 Å². The highest BCUT2D eigenvalue weighted by Crippen LogP contribution is 2.27. The minimum absolute atomic E-state index is 0.138. The number of halogens is 2. The van der Waals surface area contributed by atoms with Crippen LogP contribution in [0.2, 0.25) is 0 Å². The van der Waals surface area contributed by atoms with E-state index >= 15 is 0 Å². The van der Waals surface area contributed by atoms with Crippen LogP contribution in [0.1, 0.15) is 11.3 Å². The zero-order valence-electron chi connectivity index (χ0n) is 11.2. The number of aromatic nitrogens is 1. The van der Waals surface area contributed by atoms with Gasteiger partial charge in [-0.05, 0) is 46.9 Å². The van der Waals surface area contributed by atoms with E-state index < -0.39 is 0 Å². The average Bonchev–Trinajstić information content (AvgIpc) is 2.80. The van der Waals surface area contributed by atoms with E-state index in [-0.39, 0.29) is 18.1 Å². The normalized spacial score (nSPS) is 11.0. The molecule has 21 heavy (non-hydrogen) atoms. The minimum Gasteiger partial charge on any atom is -0.506 e. The van der Waals surface area contributed by atoms with Crippen molar-refractivity contribution in [3.05, 3.63) is 49.8 Å². The summed E-state index contributed by atoms with van der Waals surface area (Å²) >= 11 is 5.37. The molecule has 0 saturated heterocycles. The van der Waals surface area contributed by atoms with E-state index in [2.05, 4.69) is 26.5 Å². The molecule has 7 heteroatoms. The number of hydrogen-bond acceptors (Lipinski definition) is 3. The molecule has 0 bridgehead atoms. The van der Waals surface area contributed by atoms with E-state index in [1.165, 1.54) is 6.21 Å². The van der Waals surface area contributed by atoms with Gasteiger partial charge in [-0.25, -0.2) is 5.43 Å². The van der Waals surface area contributed by atoms with Crippen molar-refractivity contribution in [1.29, 1.82) is 0 Å². The summed E-state index contributed by atoms with van der Waals surface area (Å²) < 4.78 is 3.42. The summed E-state index contributed by atoms with van der Waals surface area (Å²) in [5, 5.41) is 13.8. The van der Waals surface area contributed by atoms with Crippen molar-refractivity contribution in [1.82, 2.24) is 9.99 Å². The highest BCUT2D eigenvalue weighted by Gasteiger charge is 2.07. The number of rotatable bonds is 4. The molecule has 0 unspecified atom stereocenters. The Kier molecular flexibility index (Phi) is 5.40. The van der Waals surface area contributed by atoms with Gasteiger partial charge in [0.25, 0.3) is 0 Å². The first-order chi connectivity index (χ1) is 9.97. The predicted molar refractivity (Wildman–Crippen MR) is 93.4 cm³/mol. The molecule has 5 nitrogen and oxygen atoms in total. The van der Waals surface area contributed by atoms with Crippen LogP contribution in [0.4, 0.5) is 0 Å². The van der Waals surface area contributed by atoms with Crippen LogP contribution in [0.25, 0.3) is 0 Å². The van der Waals surface area contributed by atoms with Crippen LogP contribution in [0, 0.1) is 3.57 Å². The van der Waals surface area contributed by atoms with E-state index in [0.717, 1.165) is 10.2 Å². The summed E-state index contributed by atoms with van der Waals surface area (Å²) in [6.07, 6.45) is 3.56. The first-order valence-corrected chi connectivity index (χ1v) is 7.94. The summed E-state index contributed by atoms with van der Waals surface area (Å²) in [6.45, 7) is 0. The molecular formula is C14H13BrIN3O2. The number of benzene rings is 1. The maximum atomic E-state index is 11.8. The van der Waals surface area contributed by atoms with E-state index in [9.17, 15) is 9.90 Å². The molecule has 2 rings (SSSR count). The maximum absolute atomic E-state index is 11.8. The molecular weight excluding hydrogens is 449 g/mol. The van der Waals surface area contributed by atoms with Crippen LogP contribution < -0.4 is 5.43 Å². The van der Waals surface area contributed by atoms with Gasteiger partial charge in [0.2, 0.25) is 5.91 Å². The van der Waals surface area contributed by atoms with Gasteiger partial charge < -0.3 is 9.67 Å². The second-order valence-corrected chi connectivity index (χ2v) is 6.48. The quantitative estimate of drug-likeness (QED) is 0.417. The van der Waals surface area contributed by atoms with Gasteiger partial charge >= 0.3 is 0 Å². The van der Waals surface area contributed by atoms with E-state index in [0.29, 0.717) is 9.13 Å². The van der Waals surface area contributed by atoms with Crippen LogP contribution >= 0.6 is 38.5 Å². The summed E-state index contributed by atoms with van der Waals surface area (Å²) in [7, 11) is 1.88. The van der Waals surface area contributed by atoms with Gasteiger partial charge in [0.1, 0.15) is 5.75 Å². The van der Waals surface area contributed by atoms with E-state index in [1.54, 1.807) is 12.1 Å². The van der Waals surface area contributed by atoms with Crippen molar-refractivity contribution >= 4 is 50.6 Å². The van der Waals surface area contributed by atoms with E-state index in [1.807, 2.05) is 52.5 Å². The zero-order chi connectivity index (χ0) is 15.4. The predicted octanol–water partition coefficient (Wildman–Crippen LogP) is 2.79. The third-order valence-electron chi connectivity index (χ3n) is 2.84. The summed E-state index contributed by atoms with van der Waals surface area (Å²) in [4.78, 5) is 11.8. The van der Waals surface area contributed by atoms with Gasteiger partial charge in [-0.1, -0.05) is 15.9 Å². The summed E-state index contributed by atoms with van der Waals surface area (Å²) in [5.41, 5.74) is 3.89. The highest BCUT2D eigenvalue weighted by molar-refractivity contribution is 14.1. The van der Waals surface area contributed by atoms with Crippen molar-refractivity contribution in [3.63, 3.8) is 0 Å². The molecule has 0 fully saturated rings. The monoisotopic (exact) mass is 461 g/mol. The number of nitrogens with zero attached hydrogens (tertiary/aromatic N) is 2. The molecule has 1 heterocycles. The third kappa shape index (κ3) is 4.31. The smallest absolute Gasteiger partial charge is 0.245 e. The Morgan fingerprint density at radius 2 is 2.33 bits per heavy atom. The van der Waals surface area contributed by atoms with Gasteiger partial charge in [-0.2, -0.15) is 5.10 Å². The SMILES string of the molecule is Cn1cccc1CC(=O)NN=Cc1cc(Br)cc(I)c1O. The fourth-order valence-corrected chi connectivity index (χ4v) is 3.29. The Labute approximate surface area is 144 Å². The zero-order valence-corrected chi connectivity index (χ0v) is 14.9. The molecule has 1 aromatic carbocycles. The number of hydrogen-bond donors (Lipinski definition) is 2. The lowest BCUT2D eigenvalue weighted by molar-refractivity contribution is -0.120. The fraction of sp³-hybridized carbons (Fsp3) is 0.143. The molecule has 110 valence electrons. The van der Waals surface area contributed by atoms with Crippen molar-refractivity contribution in [2.45, 2.75) is 6.42 Å². The Morgan fingerprint density at radius 1 is 1.57 bits per heavy atom. The second-order valence-electron chi connectivity index (χ2n) is 4.41. The molecule has 0 atom stereocenters. The number of phenols is 1. The molecule has 1 amide bonds. The first kappa shape index (κ1) is 16.0. The number of aromatic hydroxyl groups is 1. The third-order valence-corrected chi connectivity index (χ3v) is 4.12. The summed E-state index contributed by atoms with van der Waals surface area (Å²) in [5.74, 6) is -0.0727. The topological polar surface area (TPSA) is 66.6 Å². The van der Waals surface area contributed by atoms with Crippen molar-refractivity contribution in [2.75, 3.05) is 0 Å².